The number of aromatic nitrogens is 1. The number of hydrogen-bond donors (Lipinski definition) is 1. The van der Waals surface area contributed by atoms with Crippen LogP contribution >= 0.6 is 0 Å². The Morgan fingerprint density at radius 2 is 1.94 bits per heavy atom. The van der Waals surface area contributed by atoms with Gasteiger partial charge >= 0.3 is 0 Å². The largest absolute Gasteiger partial charge is 0.355 e. The second kappa shape index (κ2) is 5.67. The number of ether oxygens (including phenoxy) is 2. The third kappa shape index (κ3) is 2.53. The van der Waals surface area contributed by atoms with Crippen molar-refractivity contribution in [3.8, 4) is 0 Å². The number of H-pyrrole nitrogens is 1. The number of nitrogens with one attached hydrogen (secondary N) is 1. The summed E-state index contributed by atoms with van der Waals surface area (Å²) in [5.41, 5.74) is 2.44. The second-order valence-electron chi connectivity index (χ2n) is 3.85. The van der Waals surface area contributed by atoms with Crippen molar-refractivity contribution >= 4 is 16.6 Å². The Labute approximate surface area is 106 Å². The van der Waals surface area contributed by atoms with Crippen LogP contribution in [0.4, 0.5) is 5.69 Å². The number of nitrogens with zero attached hydrogens (tertiary/aromatic N) is 1. The Kier molecular flexibility index (Phi) is 3.98. The first kappa shape index (κ1) is 12.6. The Bertz CT molecular complexity index is 563. The van der Waals surface area contributed by atoms with Gasteiger partial charge in [-0.05, 0) is 31.4 Å². The molecule has 18 heavy (non-hydrogen) atoms. The Hall–Kier alpha value is -1.83. The van der Waals surface area contributed by atoms with Crippen molar-refractivity contribution in [2.24, 2.45) is 0 Å². The van der Waals surface area contributed by atoms with Gasteiger partial charge in [-0.15, -0.1) is 0 Å². The SMILES string of the molecule is [C-]#[N+]c1ccc2cc(C(OCC)OCC)[nH]c2c1. The minimum Gasteiger partial charge on any atom is -0.355 e. The highest BCUT2D eigenvalue weighted by molar-refractivity contribution is 5.84. The maximum absolute atomic E-state index is 7.00. The van der Waals surface area contributed by atoms with Crippen LogP contribution in [0.3, 0.4) is 0 Å². The van der Waals surface area contributed by atoms with Crippen LogP contribution in [0.1, 0.15) is 25.8 Å². The number of aromatic amines is 1. The summed E-state index contributed by atoms with van der Waals surface area (Å²) in [6, 6.07) is 7.57. The molecule has 0 atom stereocenters. The van der Waals surface area contributed by atoms with Crippen molar-refractivity contribution in [3.63, 3.8) is 0 Å². The van der Waals surface area contributed by atoms with Gasteiger partial charge in [-0.1, -0.05) is 12.1 Å². The Balaban J connectivity index is 2.36. The lowest BCUT2D eigenvalue weighted by Crippen LogP contribution is -2.08. The monoisotopic (exact) mass is 244 g/mol. The summed E-state index contributed by atoms with van der Waals surface area (Å²) in [5, 5.41) is 1.06. The number of fused-ring (bicyclic) bond motifs is 1. The summed E-state index contributed by atoms with van der Waals surface area (Å²) in [6.45, 7) is 12.1. The average molecular weight is 244 g/mol. The molecule has 0 radical (unpaired) electrons. The molecular weight excluding hydrogens is 228 g/mol. The highest BCUT2D eigenvalue weighted by Gasteiger charge is 2.14. The molecule has 4 nitrogen and oxygen atoms in total. The minimum atomic E-state index is -0.371. The Morgan fingerprint density at radius 3 is 2.56 bits per heavy atom. The van der Waals surface area contributed by atoms with Crippen molar-refractivity contribution < 1.29 is 9.47 Å². The van der Waals surface area contributed by atoms with Gasteiger partial charge in [0, 0.05) is 18.7 Å². The molecule has 0 fully saturated rings. The predicted octanol–water partition coefficient (Wildman–Crippen LogP) is 3.79. The van der Waals surface area contributed by atoms with Crippen LogP contribution in [0.5, 0.6) is 0 Å². The molecule has 0 aliphatic rings. The minimum absolute atomic E-state index is 0.371. The van der Waals surface area contributed by atoms with Crippen LogP contribution in [0.15, 0.2) is 24.3 Å². The van der Waals surface area contributed by atoms with E-state index in [1.54, 1.807) is 0 Å². The fraction of sp³-hybridized carbons (Fsp3) is 0.357. The molecule has 1 heterocycles. The van der Waals surface area contributed by atoms with Crippen molar-refractivity contribution in [1.29, 1.82) is 0 Å². The van der Waals surface area contributed by atoms with Gasteiger partial charge in [-0.25, -0.2) is 4.85 Å². The van der Waals surface area contributed by atoms with E-state index in [0.717, 1.165) is 16.6 Å². The van der Waals surface area contributed by atoms with Gasteiger partial charge in [0.2, 0.25) is 0 Å². The zero-order valence-corrected chi connectivity index (χ0v) is 10.6. The summed E-state index contributed by atoms with van der Waals surface area (Å²) in [6.07, 6.45) is -0.371. The normalized spacial score (nSPS) is 11.0. The summed E-state index contributed by atoms with van der Waals surface area (Å²) >= 11 is 0. The van der Waals surface area contributed by atoms with Crippen molar-refractivity contribution in [1.82, 2.24) is 4.98 Å². The van der Waals surface area contributed by atoms with Crippen molar-refractivity contribution in [2.75, 3.05) is 13.2 Å². The van der Waals surface area contributed by atoms with Crippen LogP contribution in [-0.2, 0) is 9.47 Å². The predicted molar refractivity (Wildman–Crippen MR) is 70.6 cm³/mol. The summed E-state index contributed by atoms with van der Waals surface area (Å²) < 4.78 is 11.1. The zero-order valence-electron chi connectivity index (χ0n) is 10.6. The molecule has 2 aromatic rings. The molecular formula is C14H16N2O2. The van der Waals surface area contributed by atoms with E-state index in [-0.39, 0.29) is 6.29 Å². The highest BCUT2D eigenvalue weighted by Crippen LogP contribution is 2.26. The molecule has 0 saturated carbocycles. The quantitative estimate of drug-likeness (QED) is 0.642. The molecule has 4 heteroatoms. The number of rotatable bonds is 5. The molecule has 0 unspecified atom stereocenters. The topological polar surface area (TPSA) is 38.6 Å². The first-order valence-corrected chi connectivity index (χ1v) is 6.01. The van der Waals surface area contributed by atoms with Gasteiger partial charge in [0.25, 0.3) is 0 Å². The average Bonchev–Trinajstić information content (AvgIpc) is 2.81. The van der Waals surface area contributed by atoms with E-state index >= 15 is 0 Å². The first-order valence-electron chi connectivity index (χ1n) is 6.01. The first-order chi connectivity index (χ1) is 8.78. The van der Waals surface area contributed by atoms with Crippen molar-refractivity contribution in [2.45, 2.75) is 20.1 Å². The summed E-state index contributed by atoms with van der Waals surface area (Å²) in [7, 11) is 0. The molecule has 0 aliphatic heterocycles. The lowest BCUT2D eigenvalue weighted by molar-refractivity contribution is -0.142. The smallest absolute Gasteiger partial charge is 0.198 e. The molecule has 0 saturated heterocycles. The van der Waals surface area contributed by atoms with Gasteiger partial charge in [-0.3, -0.25) is 0 Å². The molecule has 94 valence electrons. The van der Waals surface area contributed by atoms with Crippen LogP contribution in [-0.4, -0.2) is 18.2 Å². The van der Waals surface area contributed by atoms with E-state index in [4.69, 9.17) is 16.0 Å². The maximum atomic E-state index is 7.00. The molecule has 0 amide bonds. The van der Waals surface area contributed by atoms with Crippen LogP contribution in [0.25, 0.3) is 15.7 Å². The zero-order chi connectivity index (χ0) is 13.0. The molecule has 1 aromatic heterocycles. The van der Waals surface area contributed by atoms with Crippen LogP contribution < -0.4 is 0 Å². The molecule has 1 N–H and O–H groups in total. The van der Waals surface area contributed by atoms with Gasteiger partial charge < -0.3 is 14.5 Å². The fourth-order valence-corrected chi connectivity index (χ4v) is 1.86. The number of hydrogen-bond acceptors (Lipinski definition) is 2. The van der Waals surface area contributed by atoms with E-state index < -0.39 is 0 Å². The van der Waals surface area contributed by atoms with Gasteiger partial charge in [0.15, 0.2) is 12.0 Å². The molecule has 2 rings (SSSR count). The summed E-state index contributed by atoms with van der Waals surface area (Å²) in [4.78, 5) is 6.66. The van der Waals surface area contributed by atoms with Gasteiger partial charge in [-0.2, -0.15) is 0 Å². The lowest BCUT2D eigenvalue weighted by Gasteiger charge is -2.15. The molecule has 0 bridgehead atoms. The lowest BCUT2D eigenvalue weighted by atomic mass is 10.2. The molecule has 0 aliphatic carbocycles. The summed E-state index contributed by atoms with van der Waals surface area (Å²) in [5.74, 6) is 0. The van der Waals surface area contributed by atoms with Gasteiger partial charge in [0.1, 0.15) is 0 Å². The fourth-order valence-electron chi connectivity index (χ4n) is 1.86. The maximum Gasteiger partial charge on any atom is 0.198 e. The van der Waals surface area contributed by atoms with E-state index in [1.807, 2.05) is 38.1 Å². The second-order valence-corrected chi connectivity index (χ2v) is 3.85. The molecule has 1 aromatic carbocycles. The molecule has 0 spiro atoms. The standard InChI is InChI=1S/C14H16N2O2/c1-4-17-14(18-5-2)13-8-10-6-7-11(15-3)9-12(10)16-13/h6-9,14,16H,4-5H2,1-2H3. The third-order valence-electron chi connectivity index (χ3n) is 2.65. The van der Waals surface area contributed by atoms with Crippen LogP contribution in [0, 0.1) is 6.57 Å². The van der Waals surface area contributed by atoms with Gasteiger partial charge in [0.05, 0.1) is 12.3 Å². The van der Waals surface area contributed by atoms with E-state index in [9.17, 15) is 0 Å². The van der Waals surface area contributed by atoms with E-state index in [0.29, 0.717) is 18.9 Å². The van der Waals surface area contributed by atoms with E-state index in [1.165, 1.54) is 0 Å². The highest BCUT2D eigenvalue weighted by atomic mass is 16.7. The Morgan fingerprint density at radius 1 is 1.22 bits per heavy atom. The van der Waals surface area contributed by atoms with Crippen LogP contribution in [0.2, 0.25) is 0 Å². The van der Waals surface area contributed by atoms with E-state index in [2.05, 4.69) is 9.83 Å². The van der Waals surface area contributed by atoms with Crippen molar-refractivity contribution in [3.05, 3.63) is 41.4 Å². The third-order valence-corrected chi connectivity index (χ3v) is 2.65. The number of benzene rings is 1.